The summed E-state index contributed by atoms with van der Waals surface area (Å²) in [7, 11) is 0. The molecule has 1 atom stereocenters. The van der Waals surface area contributed by atoms with Crippen LogP contribution in [0.3, 0.4) is 0 Å². The Hall–Kier alpha value is -1.39. The monoisotopic (exact) mass is 243 g/mol. The number of halogens is 1. The van der Waals surface area contributed by atoms with Crippen molar-refractivity contribution in [2.45, 2.75) is 18.4 Å². The lowest BCUT2D eigenvalue weighted by atomic mass is 9.90. The van der Waals surface area contributed by atoms with E-state index in [9.17, 15) is 9.59 Å². The fourth-order valence-electron chi connectivity index (χ4n) is 1.40. The van der Waals surface area contributed by atoms with Crippen molar-refractivity contribution >= 4 is 24.7 Å². The van der Waals surface area contributed by atoms with E-state index in [0.29, 0.717) is 6.29 Å². The van der Waals surface area contributed by atoms with Crippen molar-refractivity contribution in [3.05, 3.63) is 35.9 Å². The average Bonchev–Trinajstić information content (AvgIpc) is 2.18. The van der Waals surface area contributed by atoms with Crippen LogP contribution < -0.4 is 5.73 Å². The van der Waals surface area contributed by atoms with E-state index >= 15 is 0 Å². The van der Waals surface area contributed by atoms with Crippen molar-refractivity contribution in [2.75, 3.05) is 0 Å². The van der Waals surface area contributed by atoms with Crippen molar-refractivity contribution in [3.63, 3.8) is 0 Å². The van der Waals surface area contributed by atoms with E-state index in [-0.39, 0.29) is 25.2 Å². The molecule has 0 heterocycles. The van der Waals surface area contributed by atoms with E-state index in [1.54, 1.807) is 0 Å². The van der Waals surface area contributed by atoms with Crippen LogP contribution in [0.2, 0.25) is 0 Å². The molecule has 0 saturated carbocycles. The van der Waals surface area contributed by atoms with E-state index in [0.717, 1.165) is 5.56 Å². The molecule has 0 saturated heterocycles. The highest BCUT2D eigenvalue weighted by Crippen LogP contribution is 2.12. The minimum absolute atomic E-state index is 0. The molecule has 0 fully saturated rings. The van der Waals surface area contributed by atoms with Crippen molar-refractivity contribution in [1.82, 2.24) is 0 Å². The molecule has 1 rings (SSSR count). The number of carbonyl (C=O) groups excluding carboxylic acids is 1. The topological polar surface area (TPSA) is 80.4 Å². The molecule has 0 aromatic heterocycles. The van der Waals surface area contributed by atoms with Gasteiger partial charge in [-0.05, 0) is 12.0 Å². The van der Waals surface area contributed by atoms with Crippen LogP contribution in [0.4, 0.5) is 0 Å². The Morgan fingerprint density at radius 1 is 1.38 bits per heavy atom. The number of carboxylic acids is 1. The van der Waals surface area contributed by atoms with E-state index < -0.39 is 11.5 Å². The minimum atomic E-state index is -1.31. The van der Waals surface area contributed by atoms with Crippen molar-refractivity contribution in [3.8, 4) is 0 Å². The fourth-order valence-corrected chi connectivity index (χ4v) is 1.40. The largest absolute Gasteiger partial charge is 0.481 e. The Bertz CT molecular complexity index is 356. The second-order valence-corrected chi connectivity index (χ2v) is 3.58. The van der Waals surface area contributed by atoms with Gasteiger partial charge in [-0.3, -0.25) is 4.79 Å². The SMILES string of the molecule is Cl.NC(C=O)(CC(=O)O)Cc1ccccc1. The number of rotatable bonds is 5. The molecule has 1 unspecified atom stereocenters. The molecule has 0 aliphatic rings. The van der Waals surface area contributed by atoms with Crippen LogP contribution in [0.15, 0.2) is 30.3 Å². The summed E-state index contributed by atoms with van der Waals surface area (Å²) >= 11 is 0. The number of nitrogens with two attached hydrogens (primary N) is 1. The molecule has 4 nitrogen and oxygen atoms in total. The number of hydrogen-bond donors (Lipinski definition) is 2. The summed E-state index contributed by atoms with van der Waals surface area (Å²) in [5.41, 5.74) is 5.22. The zero-order valence-corrected chi connectivity index (χ0v) is 9.44. The summed E-state index contributed by atoms with van der Waals surface area (Å²) in [4.78, 5) is 21.3. The van der Waals surface area contributed by atoms with Gasteiger partial charge in [0.05, 0.1) is 12.0 Å². The normalized spacial score (nSPS) is 13.3. The molecule has 88 valence electrons. The van der Waals surface area contributed by atoms with Gasteiger partial charge in [0.1, 0.15) is 6.29 Å². The van der Waals surface area contributed by atoms with Crippen LogP contribution in [0.1, 0.15) is 12.0 Å². The summed E-state index contributed by atoms with van der Waals surface area (Å²) in [6.45, 7) is 0. The predicted molar refractivity (Wildman–Crippen MR) is 62.6 cm³/mol. The lowest BCUT2D eigenvalue weighted by molar-refractivity contribution is -0.139. The van der Waals surface area contributed by atoms with Gasteiger partial charge in [-0.1, -0.05) is 30.3 Å². The van der Waals surface area contributed by atoms with Crippen molar-refractivity contribution < 1.29 is 14.7 Å². The number of carbonyl (C=O) groups is 2. The molecule has 0 amide bonds. The van der Waals surface area contributed by atoms with E-state index in [1.165, 1.54) is 0 Å². The Balaban J connectivity index is 0.00000225. The summed E-state index contributed by atoms with van der Waals surface area (Å²) in [6, 6.07) is 9.11. The summed E-state index contributed by atoms with van der Waals surface area (Å²) < 4.78 is 0. The van der Waals surface area contributed by atoms with Crippen LogP contribution in [-0.2, 0) is 16.0 Å². The number of aldehydes is 1. The molecule has 1 aromatic carbocycles. The zero-order chi connectivity index (χ0) is 11.3. The zero-order valence-electron chi connectivity index (χ0n) is 8.63. The van der Waals surface area contributed by atoms with Crippen molar-refractivity contribution in [1.29, 1.82) is 0 Å². The average molecular weight is 244 g/mol. The first-order valence-corrected chi connectivity index (χ1v) is 4.57. The Kier molecular flexibility index (Phi) is 5.71. The maximum absolute atomic E-state index is 10.8. The highest BCUT2D eigenvalue weighted by molar-refractivity contribution is 5.85. The molecule has 0 spiro atoms. The lowest BCUT2D eigenvalue weighted by Crippen LogP contribution is -2.45. The first-order valence-electron chi connectivity index (χ1n) is 4.57. The number of carboxylic acid groups (broad SMARTS) is 1. The van der Waals surface area contributed by atoms with Gasteiger partial charge in [0.15, 0.2) is 0 Å². The van der Waals surface area contributed by atoms with Gasteiger partial charge in [-0.25, -0.2) is 0 Å². The molecule has 0 aliphatic carbocycles. The molecule has 16 heavy (non-hydrogen) atoms. The van der Waals surface area contributed by atoms with Crippen LogP contribution in [0.25, 0.3) is 0 Å². The van der Waals surface area contributed by atoms with Crippen molar-refractivity contribution in [2.24, 2.45) is 5.73 Å². The minimum Gasteiger partial charge on any atom is -0.481 e. The molecule has 0 aliphatic heterocycles. The van der Waals surface area contributed by atoms with Gasteiger partial charge < -0.3 is 15.6 Å². The summed E-state index contributed by atoms with van der Waals surface area (Å²) in [6.07, 6.45) is 0.392. The first-order chi connectivity index (χ1) is 7.06. The predicted octanol–water partition coefficient (Wildman–Crippen LogP) is 1.02. The van der Waals surface area contributed by atoms with Gasteiger partial charge in [0.2, 0.25) is 0 Å². The maximum Gasteiger partial charge on any atom is 0.305 e. The summed E-state index contributed by atoms with van der Waals surface area (Å²) in [5.74, 6) is -1.07. The van der Waals surface area contributed by atoms with Gasteiger partial charge >= 0.3 is 5.97 Å². The second-order valence-electron chi connectivity index (χ2n) is 3.58. The number of hydrogen-bond acceptors (Lipinski definition) is 3. The van der Waals surface area contributed by atoms with Gasteiger partial charge in [0, 0.05) is 0 Å². The second kappa shape index (κ2) is 6.25. The maximum atomic E-state index is 10.8. The lowest BCUT2D eigenvalue weighted by Gasteiger charge is -2.20. The molecule has 5 heteroatoms. The standard InChI is InChI=1S/C11H13NO3.ClH/c12-11(8-13,7-10(14)15)6-9-4-2-1-3-5-9;/h1-5,8H,6-7,12H2,(H,14,15);1H. The third-order valence-electron chi connectivity index (χ3n) is 2.09. The van der Waals surface area contributed by atoms with Crippen LogP contribution in [0.5, 0.6) is 0 Å². The Morgan fingerprint density at radius 3 is 2.38 bits per heavy atom. The van der Waals surface area contributed by atoms with Gasteiger partial charge in [0.25, 0.3) is 0 Å². The van der Waals surface area contributed by atoms with Crippen LogP contribution >= 0.6 is 12.4 Å². The highest BCUT2D eigenvalue weighted by Gasteiger charge is 2.27. The van der Waals surface area contributed by atoms with E-state index in [1.807, 2.05) is 30.3 Å². The van der Waals surface area contributed by atoms with Gasteiger partial charge in [-0.15, -0.1) is 12.4 Å². The smallest absolute Gasteiger partial charge is 0.305 e. The van der Waals surface area contributed by atoms with E-state index in [4.69, 9.17) is 10.8 Å². The number of benzene rings is 1. The Labute approximate surface area is 99.9 Å². The fraction of sp³-hybridized carbons (Fsp3) is 0.273. The third kappa shape index (κ3) is 4.42. The molecule has 0 radical (unpaired) electrons. The molecule has 3 N–H and O–H groups in total. The van der Waals surface area contributed by atoms with Crippen LogP contribution in [0, 0.1) is 0 Å². The number of aliphatic carboxylic acids is 1. The van der Waals surface area contributed by atoms with Gasteiger partial charge in [-0.2, -0.15) is 0 Å². The first kappa shape index (κ1) is 14.6. The Morgan fingerprint density at radius 2 is 1.94 bits per heavy atom. The molecular formula is C11H14ClNO3. The van der Waals surface area contributed by atoms with E-state index in [2.05, 4.69) is 0 Å². The molecule has 0 bridgehead atoms. The quantitative estimate of drug-likeness (QED) is 0.757. The van der Waals surface area contributed by atoms with Crippen LogP contribution in [-0.4, -0.2) is 22.9 Å². The molecule has 1 aromatic rings. The molecular weight excluding hydrogens is 230 g/mol. The third-order valence-corrected chi connectivity index (χ3v) is 2.09. The summed E-state index contributed by atoms with van der Waals surface area (Å²) in [5, 5.41) is 8.62. The highest BCUT2D eigenvalue weighted by atomic mass is 35.5.